The van der Waals surface area contributed by atoms with Crippen molar-refractivity contribution in [3.8, 4) is 23.0 Å². The molecule has 5 heterocycles. The van der Waals surface area contributed by atoms with E-state index in [1.165, 1.54) is 181 Å². The van der Waals surface area contributed by atoms with E-state index in [0.717, 1.165) is 35.1 Å². The number of nitrogens with zero attached hydrogens (tertiary/aromatic N) is 6. The molecule has 0 aliphatic rings. The van der Waals surface area contributed by atoms with Crippen molar-refractivity contribution in [1.82, 2.24) is 24.9 Å². The number of azide groups is 1. The maximum Gasteiger partial charge on any atom is 0.328 e. The van der Waals surface area contributed by atoms with Crippen LogP contribution in [0.3, 0.4) is 0 Å². The van der Waals surface area contributed by atoms with Crippen molar-refractivity contribution in [2.75, 3.05) is 28.4 Å². The molecule has 0 saturated carbocycles. The van der Waals surface area contributed by atoms with E-state index in [9.17, 15) is 58.7 Å². The van der Waals surface area contributed by atoms with E-state index >= 15 is 0 Å². The van der Waals surface area contributed by atoms with Crippen LogP contribution < -0.4 is 30.1 Å². The molecule has 94 heavy (non-hydrogen) atoms. The Morgan fingerprint density at radius 2 is 0.840 bits per heavy atom. The third-order valence-electron chi connectivity index (χ3n) is 12.5. The van der Waals surface area contributed by atoms with Crippen molar-refractivity contribution in [1.29, 1.82) is 0 Å². The van der Waals surface area contributed by atoms with E-state index in [-0.39, 0.29) is 50.3 Å². The molecule has 5 aromatic heterocycles. The number of aliphatic carboxylic acids is 1. The number of carbonyl (C=O) groups excluding carboxylic acids is 1. The topological polar surface area (TPSA) is 244 Å². The number of pyridine rings is 5. The average molecular weight is 1320 g/mol. The smallest absolute Gasteiger partial charge is 0.328 e. The highest BCUT2D eigenvalue weighted by atomic mass is 35.5. The van der Waals surface area contributed by atoms with Gasteiger partial charge in [0.05, 0.1) is 52.4 Å². The van der Waals surface area contributed by atoms with Gasteiger partial charge < -0.3 is 34.0 Å². The summed E-state index contributed by atoms with van der Waals surface area (Å²) in [5.41, 5.74) is 8.67. The lowest BCUT2D eigenvalue weighted by Gasteiger charge is -2.05. The Labute approximate surface area is 530 Å². The highest BCUT2D eigenvalue weighted by Crippen LogP contribution is 2.31. The molecule has 17 nitrogen and oxygen atoms in total. The number of fused-ring (bicyclic) bond motifs is 5. The second-order valence-electron chi connectivity index (χ2n) is 18.5. The van der Waals surface area contributed by atoms with Crippen molar-refractivity contribution < 1.29 is 73.2 Å². The number of amides is 1. The molecular weight excluding hydrogens is 1270 g/mol. The predicted octanol–water partition coefficient (Wildman–Crippen LogP) is 16.0. The minimum Gasteiger partial charge on any atom is -0.495 e. The maximum atomic E-state index is 13.1. The van der Waals surface area contributed by atoms with Crippen molar-refractivity contribution in [2.45, 2.75) is 0 Å². The third-order valence-corrected chi connectivity index (χ3v) is 12.8. The Morgan fingerprint density at radius 3 is 1.29 bits per heavy atom. The van der Waals surface area contributed by atoms with Crippen LogP contribution in [0.4, 0.5) is 39.5 Å². The number of methoxy groups -OCH3 is 4. The molecule has 0 bridgehead atoms. The standard InChI is InChI=1S/C10H7ClFNO.2C10H7F2NO.C10H8FNO2.C9H6FN3O.C9H6FNO.C9H7FO2/c1-14-9-5-13-10(11)8-4-6(12)2-3-7(8)9;2*1-14-9-5-13-10(12)8-4-6(11)2-3-7(8)9;1-14-9-5-12-10(13)8-4-6(11)2-3-7(8)9;10-8-4-1-7(2-5-8)3-6-9(14)12-13-11;10-7-2-1-6-3-4-11-9(12)8(6)5-7;10-8-4-1-7(2-5-8)3-6-9(11)12/h3*2-5H,1H3;2-5H,1H3,(H,12,13);1-6H;1-5H,(H,11,12);1-6H,(H,11,12)/b;;;;6-3+;;6-3+. The molecule has 1 amide bonds. The molecule has 480 valence electrons. The number of H-pyrrole nitrogens is 2. The van der Waals surface area contributed by atoms with E-state index in [0.29, 0.717) is 66.4 Å². The summed E-state index contributed by atoms with van der Waals surface area (Å²) in [6.07, 6.45) is 12.0. The molecule has 0 radical (unpaired) electrons. The summed E-state index contributed by atoms with van der Waals surface area (Å²) >= 11 is 5.82. The number of carbonyl (C=O) groups is 2. The van der Waals surface area contributed by atoms with Gasteiger partial charge in [0.25, 0.3) is 11.1 Å². The Bertz CT molecular complexity index is 4670. The van der Waals surface area contributed by atoms with E-state index < -0.39 is 41.2 Å². The van der Waals surface area contributed by atoms with E-state index in [4.69, 9.17) is 41.2 Å². The van der Waals surface area contributed by atoms with Crippen LogP contribution in [0.5, 0.6) is 23.0 Å². The van der Waals surface area contributed by atoms with E-state index in [1.54, 1.807) is 24.4 Å². The zero-order chi connectivity index (χ0) is 68.4. The first kappa shape index (κ1) is 71.1. The van der Waals surface area contributed by atoms with Gasteiger partial charge in [-0.15, -0.1) is 0 Å². The summed E-state index contributed by atoms with van der Waals surface area (Å²) in [4.78, 5) is 61.3. The molecule has 0 aliphatic carbocycles. The second kappa shape index (κ2) is 34.8. The molecule has 12 rings (SSSR count). The van der Waals surface area contributed by atoms with Crippen LogP contribution in [-0.4, -0.2) is 70.3 Å². The van der Waals surface area contributed by atoms with Gasteiger partial charge in [0, 0.05) is 66.5 Å². The fourth-order valence-electron chi connectivity index (χ4n) is 8.05. The zero-order valence-corrected chi connectivity index (χ0v) is 50.0. The normalized spacial score (nSPS) is 10.4. The number of aromatic nitrogens is 5. The number of rotatable bonds is 8. The molecule has 12 aromatic rings. The first-order valence-corrected chi connectivity index (χ1v) is 27.1. The molecule has 0 fully saturated rings. The van der Waals surface area contributed by atoms with Crippen LogP contribution >= 0.6 is 11.6 Å². The summed E-state index contributed by atoms with van der Waals surface area (Å²) in [6.45, 7) is 0. The lowest BCUT2D eigenvalue weighted by molar-refractivity contribution is -0.131. The number of ether oxygens (including phenoxy) is 4. The number of halogens is 10. The Hall–Kier alpha value is -12.0. The zero-order valence-electron chi connectivity index (χ0n) is 49.2. The van der Waals surface area contributed by atoms with Gasteiger partial charge in [0.15, 0.2) is 0 Å². The van der Waals surface area contributed by atoms with Gasteiger partial charge in [-0.05, 0) is 155 Å². The second-order valence-corrected chi connectivity index (χ2v) is 18.8. The number of aromatic amines is 2. The van der Waals surface area contributed by atoms with Crippen LogP contribution in [0.2, 0.25) is 5.15 Å². The minimum atomic E-state index is -1.01. The Morgan fingerprint density at radius 1 is 0.468 bits per heavy atom. The number of hydrogen-bond acceptors (Lipinski definition) is 11. The predicted molar refractivity (Wildman–Crippen MR) is 338 cm³/mol. The number of benzene rings is 7. The van der Waals surface area contributed by atoms with Crippen LogP contribution in [0, 0.1) is 52.6 Å². The van der Waals surface area contributed by atoms with Crippen molar-refractivity contribution >= 4 is 89.5 Å². The highest BCUT2D eigenvalue weighted by molar-refractivity contribution is 6.34. The Kier molecular flexibility index (Phi) is 26.3. The van der Waals surface area contributed by atoms with Crippen molar-refractivity contribution in [2.24, 2.45) is 5.11 Å². The number of nitrogens with one attached hydrogen (secondary N) is 2. The summed E-state index contributed by atoms with van der Waals surface area (Å²) in [5.74, 6) is -3.93. The summed E-state index contributed by atoms with van der Waals surface area (Å²) in [7, 11) is 5.94. The quantitative estimate of drug-likeness (QED) is 0.0321. The number of hydrogen-bond donors (Lipinski definition) is 3. The molecule has 0 atom stereocenters. The van der Waals surface area contributed by atoms with E-state index in [2.05, 4.69) is 34.9 Å². The van der Waals surface area contributed by atoms with E-state index in [1.807, 2.05) is 0 Å². The lowest BCUT2D eigenvalue weighted by Crippen LogP contribution is -2.06. The Balaban J connectivity index is 0.000000174. The molecule has 27 heteroatoms. The van der Waals surface area contributed by atoms with Crippen molar-refractivity contribution in [3.05, 3.63) is 289 Å². The first-order chi connectivity index (χ1) is 45.1. The SMILES string of the molecule is COc1c[nH]c(=O)c2cc(F)ccc12.COc1cnc(Cl)c2cc(F)ccc12.COc1cnc(F)c2cc(F)ccc12.COc1cnc(F)c2cc(F)ccc12.O=C(O)/C=C/c1ccc(F)cc1.O=c1[nH]ccc2ccc(F)cc12.[N-]=[N+]=NC(=O)/C=C/c1ccc(F)cc1. The molecule has 3 N–H and O–H groups in total. The lowest BCUT2D eigenvalue weighted by atomic mass is 10.1. The fraction of sp³-hybridized carbons (Fsp3) is 0.0597. The van der Waals surface area contributed by atoms with Gasteiger partial charge in [0.1, 0.15) is 68.9 Å². The number of carboxylic acids is 1. The molecule has 0 spiro atoms. The van der Waals surface area contributed by atoms with Crippen LogP contribution in [0.1, 0.15) is 11.1 Å². The molecule has 0 saturated heterocycles. The average Bonchev–Trinajstić information content (AvgIpc) is 0.887. The van der Waals surface area contributed by atoms with Crippen LogP contribution in [0.15, 0.2) is 203 Å². The van der Waals surface area contributed by atoms with Gasteiger partial charge in [-0.3, -0.25) is 14.4 Å². The van der Waals surface area contributed by atoms with Gasteiger partial charge in [-0.2, -0.15) is 8.78 Å². The van der Waals surface area contributed by atoms with Gasteiger partial charge in [0.2, 0.25) is 17.8 Å². The number of carboxylic acid groups (broad SMARTS) is 1. The third kappa shape index (κ3) is 20.5. The fourth-order valence-corrected chi connectivity index (χ4v) is 8.25. The van der Waals surface area contributed by atoms with Crippen LogP contribution in [0.25, 0.3) is 76.5 Å². The summed E-state index contributed by atoms with van der Waals surface area (Å²) < 4.78 is 135. The molecule has 7 aromatic carbocycles. The monoisotopic (exact) mass is 1310 g/mol. The van der Waals surface area contributed by atoms with Gasteiger partial charge >= 0.3 is 5.97 Å². The largest absolute Gasteiger partial charge is 0.495 e. The maximum absolute atomic E-state index is 13.1. The van der Waals surface area contributed by atoms with Crippen molar-refractivity contribution in [3.63, 3.8) is 0 Å². The molecular formula is C67H48ClF9N8O9. The summed E-state index contributed by atoms with van der Waals surface area (Å²) in [5, 5.41) is 16.0. The summed E-state index contributed by atoms with van der Waals surface area (Å²) in [6, 6.07) is 33.0. The molecule has 0 unspecified atom stereocenters. The highest BCUT2D eigenvalue weighted by Gasteiger charge is 2.11. The van der Waals surface area contributed by atoms with Crippen LogP contribution in [-0.2, 0) is 9.59 Å². The minimum absolute atomic E-state index is 0.129. The van der Waals surface area contributed by atoms with Gasteiger partial charge in [-0.25, -0.2) is 50.5 Å². The molecule has 0 aliphatic heterocycles. The van der Waals surface area contributed by atoms with Gasteiger partial charge in [-0.1, -0.05) is 48.0 Å². The first-order valence-electron chi connectivity index (χ1n) is 26.7.